The van der Waals surface area contributed by atoms with Crippen molar-refractivity contribution < 1.29 is 0 Å². The molecule has 0 aliphatic heterocycles. The van der Waals surface area contributed by atoms with Crippen molar-refractivity contribution in [3.63, 3.8) is 0 Å². The molecule has 0 spiro atoms. The van der Waals surface area contributed by atoms with Crippen molar-refractivity contribution in [3.05, 3.63) is 16.1 Å². The molecule has 3 nitrogen and oxygen atoms in total. The molecule has 4 heteroatoms. The molecule has 0 aliphatic carbocycles. The topological polar surface area (TPSA) is 50.9 Å². The van der Waals surface area contributed by atoms with Gasteiger partial charge in [0.15, 0.2) is 0 Å². The van der Waals surface area contributed by atoms with Gasteiger partial charge >= 0.3 is 0 Å². The van der Waals surface area contributed by atoms with E-state index >= 15 is 0 Å². The number of hydrogen-bond donors (Lipinski definition) is 2. The highest BCUT2D eigenvalue weighted by Crippen LogP contribution is 2.20. The highest BCUT2D eigenvalue weighted by Gasteiger charge is 2.12. The van der Waals surface area contributed by atoms with Gasteiger partial charge in [0.1, 0.15) is 5.01 Å². The van der Waals surface area contributed by atoms with Gasteiger partial charge in [0.2, 0.25) is 0 Å². The lowest BCUT2D eigenvalue weighted by Crippen LogP contribution is -2.30. The van der Waals surface area contributed by atoms with Crippen molar-refractivity contribution in [1.29, 1.82) is 0 Å². The van der Waals surface area contributed by atoms with E-state index in [2.05, 4.69) is 31.1 Å². The highest BCUT2D eigenvalue weighted by molar-refractivity contribution is 7.11. The van der Waals surface area contributed by atoms with Crippen LogP contribution in [0.3, 0.4) is 0 Å². The number of nitrogens with two attached hydrogens (primary N) is 1. The molecule has 17 heavy (non-hydrogen) atoms. The molecule has 2 unspecified atom stereocenters. The van der Waals surface area contributed by atoms with Crippen LogP contribution >= 0.6 is 11.3 Å². The Hall–Kier alpha value is -0.450. The average molecular weight is 255 g/mol. The molecule has 1 aromatic heterocycles. The zero-order chi connectivity index (χ0) is 12.7. The first kappa shape index (κ1) is 14.6. The minimum atomic E-state index is 0.339. The Kier molecular flexibility index (Phi) is 6.70. The standard InChI is InChI=1S/C13H25N3S/c1-4-6-11(7-14)8-15-10(3)13-16-9-12(5-2)17-13/h9-11,15H,4-8,14H2,1-3H3. The third kappa shape index (κ3) is 4.74. The summed E-state index contributed by atoms with van der Waals surface area (Å²) in [5.74, 6) is 0.591. The van der Waals surface area contributed by atoms with Crippen LogP contribution in [0.4, 0.5) is 0 Å². The van der Waals surface area contributed by atoms with Crippen LogP contribution in [0.5, 0.6) is 0 Å². The lowest BCUT2D eigenvalue weighted by molar-refractivity contribution is 0.423. The van der Waals surface area contributed by atoms with E-state index in [0.29, 0.717) is 12.0 Å². The lowest BCUT2D eigenvalue weighted by atomic mass is 10.0. The fourth-order valence-electron chi connectivity index (χ4n) is 1.83. The smallest absolute Gasteiger partial charge is 0.109 e. The van der Waals surface area contributed by atoms with Gasteiger partial charge in [-0.3, -0.25) is 0 Å². The zero-order valence-electron chi connectivity index (χ0n) is 11.2. The second-order valence-electron chi connectivity index (χ2n) is 4.54. The van der Waals surface area contributed by atoms with E-state index in [1.54, 1.807) is 0 Å². The largest absolute Gasteiger partial charge is 0.330 e. The van der Waals surface area contributed by atoms with Crippen molar-refractivity contribution in [3.8, 4) is 0 Å². The van der Waals surface area contributed by atoms with E-state index in [9.17, 15) is 0 Å². The van der Waals surface area contributed by atoms with Gasteiger partial charge < -0.3 is 11.1 Å². The van der Waals surface area contributed by atoms with Crippen LogP contribution in [0, 0.1) is 5.92 Å². The number of rotatable bonds is 8. The van der Waals surface area contributed by atoms with Gasteiger partial charge in [-0.1, -0.05) is 20.3 Å². The predicted octanol–water partition coefficient (Wildman–Crippen LogP) is 2.73. The molecule has 2 atom stereocenters. The minimum Gasteiger partial charge on any atom is -0.330 e. The molecular weight excluding hydrogens is 230 g/mol. The Bertz CT molecular complexity index is 311. The second-order valence-corrected chi connectivity index (χ2v) is 5.69. The number of aryl methyl sites for hydroxylation is 1. The summed E-state index contributed by atoms with van der Waals surface area (Å²) in [6, 6.07) is 0.339. The summed E-state index contributed by atoms with van der Waals surface area (Å²) in [5, 5.41) is 4.73. The van der Waals surface area contributed by atoms with Gasteiger partial charge in [-0.15, -0.1) is 11.3 Å². The van der Waals surface area contributed by atoms with Gasteiger partial charge in [0.05, 0.1) is 6.04 Å². The third-order valence-corrected chi connectivity index (χ3v) is 4.36. The number of nitrogens with zero attached hydrogens (tertiary/aromatic N) is 1. The van der Waals surface area contributed by atoms with Gasteiger partial charge in [0, 0.05) is 11.1 Å². The first-order valence-electron chi connectivity index (χ1n) is 6.59. The van der Waals surface area contributed by atoms with Crippen molar-refractivity contribution in [2.24, 2.45) is 11.7 Å². The van der Waals surface area contributed by atoms with Crippen LogP contribution in [0.25, 0.3) is 0 Å². The summed E-state index contributed by atoms with van der Waals surface area (Å²) in [6.07, 6.45) is 5.47. The Morgan fingerprint density at radius 2 is 2.24 bits per heavy atom. The maximum atomic E-state index is 5.76. The van der Waals surface area contributed by atoms with E-state index in [1.807, 2.05) is 17.5 Å². The van der Waals surface area contributed by atoms with Crippen molar-refractivity contribution in [2.75, 3.05) is 13.1 Å². The molecule has 0 bridgehead atoms. The van der Waals surface area contributed by atoms with Crippen LogP contribution in [0.15, 0.2) is 6.20 Å². The summed E-state index contributed by atoms with van der Waals surface area (Å²) >= 11 is 1.81. The predicted molar refractivity (Wildman–Crippen MR) is 75.4 cm³/mol. The molecule has 0 aromatic carbocycles. The van der Waals surface area contributed by atoms with E-state index < -0.39 is 0 Å². The Balaban J connectivity index is 2.40. The van der Waals surface area contributed by atoms with Crippen molar-refractivity contribution in [2.45, 2.75) is 46.1 Å². The molecule has 3 N–H and O–H groups in total. The fourth-order valence-corrected chi connectivity index (χ4v) is 2.71. The third-order valence-electron chi connectivity index (χ3n) is 3.03. The molecule has 0 amide bonds. The second kappa shape index (κ2) is 7.80. The Morgan fingerprint density at radius 1 is 1.47 bits per heavy atom. The van der Waals surface area contributed by atoms with E-state index in [-0.39, 0.29) is 0 Å². The lowest BCUT2D eigenvalue weighted by Gasteiger charge is -2.17. The summed E-state index contributed by atoms with van der Waals surface area (Å²) in [5.41, 5.74) is 5.76. The van der Waals surface area contributed by atoms with Crippen molar-refractivity contribution in [1.82, 2.24) is 10.3 Å². The maximum absolute atomic E-state index is 5.76. The number of aromatic nitrogens is 1. The summed E-state index contributed by atoms with van der Waals surface area (Å²) in [7, 11) is 0. The quantitative estimate of drug-likeness (QED) is 0.751. The van der Waals surface area contributed by atoms with Gasteiger partial charge in [0.25, 0.3) is 0 Å². The Labute approximate surface area is 109 Å². The average Bonchev–Trinajstić information content (AvgIpc) is 2.82. The monoisotopic (exact) mass is 255 g/mol. The normalized spacial score (nSPS) is 14.8. The molecule has 0 radical (unpaired) electrons. The van der Waals surface area contributed by atoms with Crippen LogP contribution in [-0.4, -0.2) is 18.1 Å². The summed E-state index contributed by atoms with van der Waals surface area (Å²) < 4.78 is 0. The van der Waals surface area contributed by atoms with Gasteiger partial charge in [-0.2, -0.15) is 0 Å². The molecule has 0 aliphatic rings. The zero-order valence-corrected chi connectivity index (χ0v) is 12.0. The molecule has 1 rings (SSSR count). The van der Waals surface area contributed by atoms with Gasteiger partial charge in [-0.05, 0) is 38.8 Å². The van der Waals surface area contributed by atoms with Crippen LogP contribution in [0.2, 0.25) is 0 Å². The molecular formula is C13H25N3S. The molecule has 0 saturated heterocycles. The molecule has 1 aromatic rings. The molecule has 1 heterocycles. The molecule has 98 valence electrons. The summed E-state index contributed by atoms with van der Waals surface area (Å²) in [4.78, 5) is 5.82. The maximum Gasteiger partial charge on any atom is 0.109 e. The van der Waals surface area contributed by atoms with E-state index in [0.717, 1.165) is 19.5 Å². The highest BCUT2D eigenvalue weighted by atomic mass is 32.1. The van der Waals surface area contributed by atoms with Gasteiger partial charge in [-0.25, -0.2) is 4.98 Å². The SMILES string of the molecule is CCCC(CN)CNC(C)c1ncc(CC)s1. The molecule has 0 fully saturated rings. The van der Waals surface area contributed by atoms with Crippen LogP contribution < -0.4 is 11.1 Å². The van der Waals surface area contributed by atoms with Crippen molar-refractivity contribution >= 4 is 11.3 Å². The summed E-state index contributed by atoms with van der Waals surface area (Å²) in [6.45, 7) is 8.32. The van der Waals surface area contributed by atoms with E-state index in [1.165, 1.54) is 22.7 Å². The first-order chi connectivity index (χ1) is 8.21. The number of hydrogen-bond acceptors (Lipinski definition) is 4. The Morgan fingerprint density at radius 3 is 2.76 bits per heavy atom. The first-order valence-corrected chi connectivity index (χ1v) is 7.40. The fraction of sp³-hybridized carbons (Fsp3) is 0.769. The number of thiazole rings is 1. The van der Waals surface area contributed by atoms with Crippen LogP contribution in [0.1, 0.15) is 49.5 Å². The minimum absolute atomic E-state index is 0.339. The van der Waals surface area contributed by atoms with Crippen LogP contribution in [-0.2, 0) is 6.42 Å². The van der Waals surface area contributed by atoms with E-state index in [4.69, 9.17) is 5.73 Å². The molecule has 0 saturated carbocycles. The number of nitrogens with one attached hydrogen (secondary N) is 1.